The van der Waals surface area contributed by atoms with E-state index in [0.29, 0.717) is 17.2 Å². The molecule has 27 heavy (non-hydrogen) atoms. The molecule has 0 saturated heterocycles. The molecule has 0 atom stereocenters. The summed E-state index contributed by atoms with van der Waals surface area (Å²) in [4.78, 5) is 5.02. The second-order valence-electron chi connectivity index (χ2n) is 8.96. The standard InChI is InChI=1S/C22H23N3OS/c1-13-4-2-3-5-17(13)19-24-25-20(26-19)18-12-27-21(23-18)22-9-14-6-15(10-22)8-16(7-14)11-22/h2-5,12,14-16H,6-11H2,1H3. The van der Waals surface area contributed by atoms with Gasteiger partial charge in [-0.1, -0.05) is 18.2 Å². The minimum absolute atomic E-state index is 0.330. The Kier molecular flexibility index (Phi) is 3.40. The van der Waals surface area contributed by atoms with E-state index < -0.39 is 0 Å². The van der Waals surface area contributed by atoms with Gasteiger partial charge < -0.3 is 4.42 Å². The van der Waals surface area contributed by atoms with E-state index in [0.717, 1.165) is 34.6 Å². The maximum Gasteiger partial charge on any atom is 0.267 e. The van der Waals surface area contributed by atoms with Gasteiger partial charge >= 0.3 is 0 Å². The normalized spacial score (nSPS) is 31.5. The summed E-state index contributed by atoms with van der Waals surface area (Å²) in [6, 6.07) is 8.11. The van der Waals surface area contributed by atoms with E-state index in [4.69, 9.17) is 9.40 Å². The summed E-state index contributed by atoms with van der Waals surface area (Å²) in [6.45, 7) is 2.06. The van der Waals surface area contributed by atoms with Crippen molar-refractivity contribution >= 4 is 11.3 Å². The molecule has 138 valence electrons. The first-order chi connectivity index (χ1) is 13.2. The van der Waals surface area contributed by atoms with Crippen molar-refractivity contribution in [1.29, 1.82) is 0 Å². The van der Waals surface area contributed by atoms with Crippen molar-refractivity contribution in [2.45, 2.75) is 50.9 Å². The number of hydrogen-bond donors (Lipinski definition) is 0. The fourth-order valence-electron chi connectivity index (χ4n) is 6.24. The van der Waals surface area contributed by atoms with Crippen LogP contribution in [-0.2, 0) is 5.41 Å². The van der Waals surface area contributed by atoms with Crippen LogP contribution in [0.25, 0.3) is 23.0 Å². The Labute approximate surface area is 163 Å². The summed E-state index contributed by atoms with van der Waals surface area (Å²) in [5.74, 6) is 3.91. The zero-order valence-corrected chi connectivity index (χ0v) is 16.3. The van der Waals surface area contributed by atoms with Crippen molar-refractivity contribution in [1.82, 2.24) is 15.2 Å². The van der Waals surface area contributed by atoms with Gasteiger partial charge in [0.05, 0.1) is 5.01 Å². The predicted octanol–water partition coefficient (Wildman–Crippen LogP) is 5.64. The van der Waals surface area contributed by atoms with E-state index in [2.05, 4.69) is 28.6 Å². The Morgan fingerprint density at radius 2 is 1.63 bits per heavy atom. The maximum atomic E-state index is 5.99. The van der Waals surface area contributed by atoms with Crippen LogP contribution < -0.4 is 0 Å². The molecule has 4 aliphatic rings. The van der Waals surface area contributed by atoms with Gasteiger partial charge in [-0.05, 0) is 74.8 Å². The smallest absolute Gasteiger partial charge is 0.267 e. The van der Waals surface area contributed by atoms with Gasteiger partial charge in [-0.2, -0.15) is 0 Å². The van der Waals surface area contributed by atoms with Crippen molar-refractivity contribution in [2.24, 2.45) is 17.8 Å². The number of thiazole rings is 1. The topological polar surface area (TPSA) is 51.8 Å². The first-order valence-corrected chi connectivity index (χ1v) is 10.9. The molecule has 4 fully saturated rings. The van der Waals surface area contributed by atoms with E-state index in [-0.39, 0.29) is 0 Å². The average molecular weight is 378 g/mol. The van der Waals surface area contributed by atoms with Crippen molar-refractivity contribution < 1.29 is 4.42 Å². The Morgan fingerprint density at radius 1 is 0.963 bits per heavy atom. The van der Waals surface area contributed by atoms with Crippen LogP contribution in [0.5, 0.6) is 0 Å². The highest BCUT2D eigenvalue weighted by Gasteiger charge is 2.53. The molecule has 2 heterocycles. The van der Waals surface area contributed by atoms with Gasteiger partial charge in [0.15, 0.2) is 0 Å². The third kappa shape index (κ3) is 2.51. The molecule has 0 amide bonds. The van der Waals surface area contributed by atoms with Crippen molar-refractivity contribution in [3.05, 3.63) is 40.2 Å². The second kappa shape index (κ2) is 5.74. The van der Waals surface area contributed by atoms with Gasteiger partial charge in [0.1, 0.15) is 5.69 Å². The first kappa shape index (κ1) is 16.0. The molecule has 7 rings (SSSR count). The van der Waals surface area contributed by atoms with Gasteiger partial charge in [-0.25, -0.2) is 4.98 Å². The first-order valence-electron chi connectivity index (χ1n) is 10.0. The van der Waals surface area contributed by atoms with Crippen LogP contribution >= 0.6 is 11.3 Å². The summed E-state index contributed by atoms with van der Waals surface area (Å²) in [7, 11) is 0. The van der Waals surface area contributed by atoms with E-state index >= 15 is 0 Å². The molecule has 2 aromatic heterocycles. The summed E-state index contributed by atoms with van der Waals surface area (Å²) in [5.41, 5.74) is 3.31. The lowest BCUT2D eigenvalue weighted by Gasteiger charge is -2.56. The third-order valence-corrected chi connectivity index (χ3v) is 8.10. The Morgan fingerprint density at radius 3 is 2.33 bits per heavy atom. The van der Waals surface area contributed by atoms with Crippen LogP contribution in [0, 0.1) is 24.7 Å². The van der Waals surface area contributed by atoms with Crippen LogP contribution in [0.15, 0.2) is 34.1 Å². The molecule has 5 heteroatoms. The Balaban J connectivity index is 1.32. The van der Waals surface area contributed by atoms with E-state index in [1.165, 1.54) is 43.5 Å². The van der Waals surface area contributed by atoms with E-state index in [9.17, 15) is 0 Å². The maximum absolute atomic E-state index is 5.99. The van der Waals surface area contributed by atoms with Crippen LogP contribution in [0.1, 0.15) is 49.1 Å². The monoisotopic (exact) mass is 377 g/mol. The quantitative estimate of drug-likeness (QED) is 0.593. The van der Waals surface area contributed by atoms with Gasteiger partial charge in [-0.3, -0.25) is 0 Å². The number of rotatable bonds is 3. The van der Waals surface area contributed by atoms with E-state index in [1.807, 2.05) is 18.2 Å². The fraction of sp³-hybridized carbons (Fsp3) is 0.500. The zero-order chi connectivity index (χ0) is 18.0. The summed E-state index contributed by atoms with van der Waals surface area (Å²) >= 11 is 1.80. The number of hydrogen-bond acceptors (Lipinski definition) is 5. The highest BCUT2D eigenvalue weighted by atomic mass is 32.1. The average Bonchev–Trinajstić information content (AvgIpc) is 3.31. The lowest BCUT2D eigenvalue weighted by atomic mass is 9.50. The molecule has 4 aliphatic carbocycles. The van der Waals surface area contributed by atoms with Crippen LogP contribution in [-0.4, -0.2) is 15.2 Å². The van der Waals surface area contributed by atoms with Crippen LogP contribution in [0.3, 0.4) is 0 Å². The lowest BCUT2D eigenvalue weighted by molar-refractivity contribution is -0.00524. The predicted molar refractivity (Wildman–Crippen MR) is 105 cm³/mol. The number of aromatic nitrogens is 3. The molecule has 1 aromatic carbocycles. The molecule has 3 aromatic rings. The molecule has 0 radical (unpaired) electrons. The SMILES string of the molecule is Cc1ccccc1-c1nnc(-c2csc(C34CC5CC(CC(C5)C3)C4)n2)o1. The largest absolute Gasteiger partial charge is 0.415 e. The molecule has 4 saturated carbocycles. The Hall–Kier alpha value is -2.01. The minimum Gasteiger partial charge on any atom is -0.415 e. The molecular weight excluding hydrogens is 354 g/mol. The van der Waals surface area contributed by atoms with Gasteiger partial charge in [-0.15, -0.1) is 21.5 Å². The molecule has 4 nitrogen and oxygen atoms in total. The van der Waals surface area contributed by atoms with Crippen molar-refractivity contribution in [2.75, 3.05) is 0 Å². The Bertz CT molecular complexity index is 969. The number of aryl methyl sites for hydroxylation is 1. The molecule has 0 aliphatic heterocycles. The molecular formula is C22H23N3OS. The lowest BCUT2D eigenvalue weighted by Crippen LogP contribution is -2.48. The minimum atomic E-state index is 0.330. The van der Waals surface area contributed by atoms with Crippen molar-refractivity contribution in [3.8, 4) is 23.0 Å². The highest BCUT2D eigenvalue weighted by molar-refractivity contribution is 7.10. The zero-order valence-electron chi connectivity index (χ0n) is 15.5. The van der Waals surface area contributed by atoms with Crippen molar-refractivity contribution in [3.63, 3.8) is 0 Å². The van der Waals surface area contributed by atoms with Crippen LogP contribution in [0.4, 0.5) is 0 Å². The van der Waals surface area contributed by atoms with Gasteiger partial charge in [0.25, 0.3) is 5.89 Å². The number of nitrogens with zero attached hydrogens (tertiary/aromatic N) is 3. The molecule has 4 bridgehead atoms. The highest BCUT2D eigenvalue weighted by Crippen LogP contribution is 2.61. The van der Waals surface area contributed by atoms with Gasteiger partial charge in [0.2, 0.25) is 5.89 Å². The van der Waals surface area contributed by atoms with E-state index in [1.54, 1.807) is 11.3 Å². The third-order valence-electron chi connectivity index (χ3n) is 7.02. The van der Waals surface area contributed by atoms with Crippen LogP contribution in [0.2, 0.25) is 0 Å². The summed E-state index contributed by atoms with van der Waals surface area (Å²) < 4.78 is 5.99. The van der Waals surface area contributed by atoms with Gasteiger partial charge in [0, 0.05) is 16.4 Å². The summed E-state index contributed by atoms with van der Waals surface area (Å²) in [6.07, 6.45) is 8.39. The fourth-order valence-corrected chi connectivity index (χ4v) is 7.26. The summed E-state index contributed by atoms with van der Waals surface area (Å²) in [5, 5.41) is 12.0. The molecule has 0 spiro atoms. The molecule has 0 N–H and O–H groups in total. The number of benzene rings is 1. The molecule has 0 unspecified atom stereocenters. The second-order valence-corrected chi connectivity index (χ2v) is 9.82.